The van der Waals surface area contributed by atoms with Crippen LogP contribution in [0.4, 0.5) is 0 Å². The lowest BCUT2D eigenvalue weighted by Gasteiger charge is -2.22. The molecule has 0 bridgehead atoms. The molecule has 1 aromatic heterocycles. The van der Waals surface area contributed by atoms with Crippen molar-refractivity contribution in [3.63, 3.8) is 0 Å². The van der Waals surface area contributed by atoms with Gasteiger partial charge in [0.05, 0.1) is 0 Å². The number of hydrogen-bond acceptors (Lipinski definition) is 2. The molecule has 72 valence electrons. The average molecular weight is 179 g/mol. The third kappa shape index (κ3) is 1.91. The van der Waals surface area contributed by atoms with Crippen LogP contribution in [0, 0.1) is 0 Å². The van der Waals surface area contributed by atoms with E-state index >= 15 is 0 Å². The minimum absolute atomic E-state index is 0.795. The molecule has 1 fully saturated rings. The summed E-state index contributed by atoms with van der Waals surface area (Å²) in [5, 5.41) is 6.98. The summed E-state index contributed by atoms with van der Waals surface area (Å²) in [6, 6.07) is 2.86. The van der Waals surface area contributed by atoms with Crippen molar-refractivity contribution >= 4 is 0 Å². The molecule has 0 radical (unpaired) electrons. The highest BCUT2D eigenvalue weighted by atomic mass is 15.2. The number of hydrogen-bond donors (Lipinski definition) is 1. The number of H-pyrrole nitrogens is 1. The molecule has 0 aliphatic carbocycles. The van der Waals surface area contributed by atoms with E-state index < -0.39 is 0 Å². The van der Waals surface area contributed by atoms with E-state index in [-0.39, 0.29) is 0 Å². The number of likely N-dealkylation sites (tertiary alicyclic amines) is 1. The molecule has 2 heterocycles. The van der Waals surface area contributed by atoms with Gasteiger partial charge in [0.1, 0.15) is 0 Å². The van der Waals surface area contributed by atoms with Gasteiger partial charge in [-0.05, 0) is 31.9 Å². The molecule has 0 aromatic carbocycles. The maximum atomic E-state index is 3.96. The van der Waals surface area contributed by atoms with E-state index in [4.69, 9.17) is 0 Å². The van der Waals surface area contributed by atoms with Gasteiger partial charge >= 0.3 is 0 Å². The van der Waals surface area contributed by atoms with Crippen molar-refractivity contribution in [3.05, 3.63) is 18.0 Å². The predicted molar refractivity (Wildman–Crippen MR) is 52.3 cm³/mol. The Bertz CT molecular complexity index is 243. The van der Waals surface area contributed by atoms with Gasteiger partial charge in [-0.25, -0.2) is 0 Å². The van der Waals surface area contributed by atoms with Crippen LogP contribution in [0.25, 0.3) is 0 Å². The zero-order chi connectivity index (χ0) is 9.10. The molecular formula is C10H17N3. The van der Waals surface area contributed by atoms with E-state index in [9.17, 15) is 0 Å². The summed E-state index contributed by atoms with van der Waals surface area (Å²) in [4.78, 5) is 2.55. The van der Waals surface area contributed by atoms with Crippen LogP contribution in [0.15, 0.2) is 12.3 Å². The van der Waals surface area contributed by atoms with E-state index in [1.165, 1.54) is 31.5 Å². The minimum Gasteiger partial charge on any atom is -0.295 e. The van der Waals surface area contributed by atoms with Gasteiger partial charge in [-0.3, -0.25) is 10.00 Å². The van der Waals surface area contributed by atoms with Gasteiger partial charge in [0.25, 0.3) is 0 Å². The van der Waals surface area contributed by atoms with Crippen molar-refractivity contribution in [1.82, 2.24) is 15.1 Å². The van der Waals surface area contributed by atoms with Crippen molar-refractivity contribution in [2.24, 2.45) is 0 Å². The molecule has 0 amide bonds. The van der Waals surface area contributed by atoms with Crippen LogP contribution in [0.1, 0.15) is 31.9 Å². The van der Waals surface area contributed by atoms with Gasteiger partial charge < -0.3 is 0 Å². The third-order valence-electron chi connectivity index (χ3n) is 2.90. The monoisotopic (exact) mass is 179 g/mol. The molecule has 3 nitrogen and oxygen atoms in total. The molecule has 1 saturated heterocycles. The van der Waals surface area contributed by atoms with Gasteiger partial charge in [-0.1, -0.05) is 6.92 Å². The van der Waals surface area contributed by atoms with Crippen LogP contribution < -0.4 is 0 Å². The molecule has 1 unspecified atom stereocenters. The lowest BCUT2D eigenvalue weighted by atomic mass is 10.2. The summed E-state index contributed by atoms with van der Waals surface area (Å²) in [6.45, 7) is 4.56. The van der Waals surface area contributed by atoms with Gasteiger partial charge in [0, 0.05) is 24.5 Å². The fourth-order valence-corrected chi connectivity index (χ4v) is 2.16. The Morgan fingerprint density at radius 3 is 3.31 bits per heavy atom. The van der Waals surface area contributed by atoms with Crippen molar-refractivity contribution in [1.29, 1.82) is 0 Å². The molecule has 0 spiro atoms. The van der Waals surface area contributed by atoms with Gasteiger partial charge in [-0.2, -0.15) is 5.10 Å². The van der Waals surface area contributed by atoms with Gasteiger partial charge in [0.2, 0.25) is 0 Å². The van der Waals surface area contributed by atoms with Crippen molar-refractivity contribution in [3.8, 4) is 0 Å². The molecule has 0 saturated carbocycles. The van der Waals surface area contributed by atoms with Gasteiger partial charge in [-0.15, -0.1) is 0 Å². The lowest BCUT2D eigenvalue weighted by molar-refractivity contribution is 0.237. The summed E-state index contributed by atoms with van der Waals surface area (Å²) >= 11 is 0. The minimum atomic E-state index is 0.795. The number of nitrogens with zero attached hydrogens (tertiary/aromatic N) is 2. The second kappa shape index (κ2) is 3.92. The Hall–Kier alpha value is -0.830. The molecule has 13 heavy (non-hydrogen) atoms. The number of aromatic amines is 1. The largest absolute Gasteiger partial charge is 0.295 e. The van der Waals surface area contributed by atoms with Crippen LogP contribution in [-0.2, 0) is 6.54 Å². The second-order valence-electron chi connectivity index (χ2n) is 3.76. The third-order valence-corrected chi connectivity index (χ3v) is 2.90. The zero-order valence-electron chi connectivity index (χ0n) is 8.16. The molecular weight excluding hydrogens is 162 g/mol. The van der Waals surface area contributed by atoms with Crippen LogP contribution >= 0.6 is 0 Å². The number of rotatable bonds is 3. The first-order chi connectivity index (χ1) is 6.40. The first-order valence-corrected chi connectivity index (χ1v) is 5.12. The molecule has 1 aromatic rings. The SMILES string of the molecule is CCC1CCCN1Cc1ccn[nH]1. The van der Waals surface area contributed by atoms with Crippen molar-refractivity contribution < 1.29 is 0 Å². The fraction of sp³-hybridized carbons (Fsp3) is 0.700. The van der Waals surface area contributed by atoms with E-state index in [2.05, 4.69) is 28.1 Å². The summed E-state index contributed by atoms with van der Waals surface area (Å²) < 4.78 is 0. The Morgan fingerprint density at radius 2 is 2.62 bits per heavy atom. The smallest absolute Gasteiger partial charge is 0.0492 e. The maximum Gasteiger partial charge on any atom is 0.0492 e. The highest BCUT2D eigenvalue weighted by molar-refractivity contribution is 4.98. The normalized spacial score (nSPS) is 23.9. The Morgan fingerprint density at radius 1 is 1.69 bits per heavy atom. The number of aromatic nitrogens is 2. The first kappa shape index (κ1) is 8.75. The lowest BCUT2D eigenvalue weighted by Crippen LogP contribution is -2.28. The average Bonchev–Trinajstić information content (AvgIpc) is 2.76. The summed E-state index contributed by atoms with van der Waals surface area (Å²) in [7, 11) is 0. The summed E-state index contributed by atoms with van der Waals surface area (Å²) in [5.41, 5.74) is 1.24. The summed E-state index contributed by atoms with van der Waals surface area (Å²) in [6.07, 6.45) is 5.82. The fourth-order valence-electron chi connectivity index (χ4n) is 2.16. The van der Waals surface area contributed by atoms with Gasteiger partial charge in [0.15, 0.2) is 0 Å². The van der Waals surface area contributed by atoms with E-state index in [1.807, 2.05) is 6.20 Å². The van der Waals surface area contributed by atoms with Crippen molar-refractivity contribution in [2.45, 2.75) is 38.8 Å². The highest BCUT2D eigenvalue weighted by Crippen LogP contribution is 2.21. The van der Waals surface area contributed by atoms with E-state index in [0.717, 1.165) is 12.6 Å². The number of nitrogens with one attached hydrogen (secondary N) is 1. The second-order valence-corrected chi connectivity index (χ2v) is 3.76. The highest BCUT2D eigenvalue weighted by Gasteiger charge is 2.22. The molecule has 1 aliphatic rings. The van der Waals surface area contributed by atoms with E-state index in [1.54, 1.807) is 0 Å². The maximum absolute atomic E-state index is 3.96. The quantitative estimate of drug-likeness (QED) is 0.767. The van der Waals surface area contributed by atoms with E-state index in [0.29, 0.717) is 0 Å². The topological polar surface area (TPSA) is 31.9 Å². The molecule has 2 rings (SSSR count). The Kier molecular flexibility index (Phi) is 2.64. The van der Waals surface area contributed by atoms with Crippen molar-refractivity contribution in [2.75, 3.05) is 6.54 Å². The Balaban J connectivity index is 1.94. The Labute approximate surface area is 79.1 Å². The first-order valence-electron chi connectivity index (χ1n) is 5.12. The van der Waals surface area contributed by atoms with Crippen LogP contribution in [-0.4, -0.2) is 27.7 Å². The zero-order valence-corrected chi connectivity index (χ0v) is 8.16. The molecule has 1 atom stereocenters. The molecule has 3 heteroatoms. The van der Waals surface area contributed by atoms with Crippen LogP contribution in [0.2, 0.25) is 0 Å². The van der Waals surface area contributed by atoms with Crippen LogP contribution in [0.5, 0.6) is 0 Å². The standard InChI is InChI=1S/C10H17N3/c1-2-10-4-3-7-13(10)8-9-5-6-11-12-9/h5-6,10H,2-4,7-8H2,1H3,(H,11,12). The predicted octanol–water partition coefficient (Wildman–Crippen LogP) is 1.78. The molecule has 1 N–H and O–H groups in total. The molecule has 1 aliphatic heterocycles. The van der Waals surface area contributed by atoms with Crippen LogP contribution in [0.3, 0.4) is 0 Å². The summed E-state index contributed by atoms with van der Waals surface area (Å²) in [5.74, 6) is 0.